The lowest BCUT2D eigenvalue weighted by Gasteiger charge is -2.13. The summed E-state index contributed by atoms with van der Waals surface area (Å²) >= 11 is 0. The first-order valence-corrected chi connectivity index (χ1v) is 5.90. The predicted molar refractivity (Wildman–Crippen MR) is 67.6 cm³/mol. The molecule has 0 fully saturated rings. The summed E-state index contributed by atoms with van der Waals surface area (Å²) in [5, 5.41) is 0. The van der Waals surface area contributed by atoms with Crippen LogP contribution in [-0.4, -0.2) is 11.1 Å². The van der Waals surface area contributed by atoms with Crippen LogP contribution in [0.2, 0.25) is 0 Å². The number of hydrogen-bond acceptors (Lipinski definition) is 1. The predicted octanol–water partition coefficient (Wildman–Crippen LogP) is 2.70. The smallest absolute Gasteiger partial charge is 0.246 e. The van der Waals surface area contributed by atoms with Gasteiger partial charge < -0.3 is 4.74 Å². The number of aromatic amines is 1. The molecule has 0 aliphatic rings. The van der Waals surface area contributed by atoms with Crippen LogP contribution in [0.4, 0.5) is 0 Å². The van der Waals surface area contributed by atoms with Crippen LogP contribution in [-0.2, 0) is 0 Å². The topological polar surface area (TPSA) is 28.9 Å². The van der Waals surface area contributed by atoms with Crippen molar-refractivity contribution in [1.82, 2.24) is 4.98 Å². The van der Waals surface area contributed by atoms with E-state index in [0.717, 1.165) is 5.75 Å². The van der Waals surface area contributed by atoms with Gasteiger partial charge in [0.25, 0.3) is 0 Å². The highest BCUT2D eigenvalue weighted by Gasteiger charge is 2.12. The molecular formula is C14H19N2O+. The average molecular weight is 231 g/mol. The number of benzene rings is 1. The van der Waals surface area contributed by atoms with Crippen LogP contribution < -0.4 is 9.30 Å². The van der Waals surface area contributed by atoms with Gasteiger partial charge >= 0.3 is 0 Å². The summed E-state index contributed by atoms with van der Waals surface area (Å²) in [6.45, 7) is 8.30. The van der Waals surface area contributed by atoms with Crippen molar-refractivity contribution < 1.29 is 9.30 Å². The molecule has 3 heteroatoms. The van der Waals surface area contributed by atoms with E-state index in [2.05, 4.69) is 35.5 Å². The summed E-state index contributed by atoms with van der Waals surface area (Å²) in [5.74, 6) is 0.940. The zero-order chi connectivity index (χ0) is 12.4. The minimum absolute atomic E-state index is 0.208. The minimum atomic E-state index is 0.208. The molecule has 1 heterocycles. The summed E-state index contributed by atoms with van der Waals surface area (Å²) in [5.41, 5.74) is 3.64. The molecule has 0 saturated heterocycles. The molecule has 0 amide bonds. The van der Waals surface area contributed by atoms with Crippen LogP contribution in [0.1, 0.15) is 25.0 Å². The lowest BCUT2D eigenvalue weighted by Crippen LogP contribution is -2.29. The lowest BCUT2D eigenvalue weighted by molar-refractivity contribution is -0.595. The molecule has 90 valence electrons. The molecular weight excluding hydrogens is 212 g/mol. The first-order chi connectivity index (χ1) is 8.08. The maximum Gasteiger partial charge on any atom is 0.246 e. The fourth-order valence-electron chi connectivity index (χ4n) is 2.09. The van der Waals surface area contributed by atoms with E-state index in [-0.39, 0.29) is 6.10 Å². The molecule has 2 rings (SSSR count). The van der Waals surface area contributed by atoms with Crippen molar-refractivity contribution in [1.29, 1.82) is 0 Å². The molecule has 0 unspecified atom stereocenters. The second kappa shape index (κ2) is 4.62. The number of aromatic nitrogens is 2. The first-order valence-electron chi connectivity index (χ1n) is 5.90. The van der Waals surface area contributed by atoms with Gasteiger partial charge in [0.05, 0.1) is 6.10 Å². The van der Waals surface area contributed by atoms with Crippen LogP contribution in [0.5, 0.6) is 5.75 Å². The number of rotatable bonds is 3. The van der Waals surface area contributed by atoms with Gasteiger partial charge in [-0.2, -0.15) is 0 Å². The third-order valence-corrected chi connectivity index (χ3v) is 2.64. The van der Waals surface area contributed by atoms with Gasteiger partial charge in [-0.1, -0.05) is 0 Å². The Balaban J connectivity index is 2.43. The van der Waals surface area contributed by atoms with Crippen LogP contribution in [0, 0.1) is 13.8 Å². The summed E-state index contributed by atoms with van der Waals surface area (Å²) in [6.07, 6.45) is 6.08. The van der Waals surface area contributed by atoms with Crippen molar-refractivity contribution in [3.05, 3.63) is 42.0 Å². The fraction of sp³-hybridized carbons (Fsp3) is 0.357. The number of nitrogens with one attached hydrogen (secondary N) is 1. The summed E-state index contributed by atoms with van der Waals surface area (Å²) in [7, 11) is 0. The van der Waals surface area contributed by atoms with Crippen molar-refractivity contribution >= 4 is 0 Å². The fourth-order valence-corrected chi connectivity index (χ4v) is 2.09. The third kappa shape index (κ3) is 2.49. The van der Waals surface area contributed by atoms with Crippen molar-refractivity contribution in [2.45, 2.75) is 33.8 Å². The second-order valence-electron chi connectivity index (χ2n) is 4.59. The quantitative estimate of drug-likeness (QED) is 0.808. The van der Waals surface area contributed by atoms with Crippen molar-refractivity contribution in [2.75, 3.05) is 0 Å². The van der Waals surface area contributed by atoms with Gasteiger partial charge in [0.15, 0.2) is 0 Å². The molecule has 0 aliphatic carbocycles. The Morgan fingerprint density at radius 1 is 1.18 bits per heavy atom. The maximum absolute atomic E-state index is 5.73. The highest BCUT2D eigenvalue weighted by molar-refractivity contribution is 5.46. The van der Waals surface area contributed by atoms with Gasteiger partial charge in [0, 0.05) is 11.1 Å². The molecule has 1 aromatic heterocycles. The molecule has 0 aliphatic heterocycles. The number of nitrogens with zero attached hydrogens (tertiary/aromatic N) is 1. The number of hydrogen-bond donors (Lipinski definition) is 1. The lowest BCUT2D eigenvalue weighted by atomic mass is 10.1. The van der Waals surface area contributed by atoms with E-state index in [0.29, 0.717) is 0 Å². The Hall–Kier alpha value is -1.77. The highest BCUT2D eigenvalue weighted by atomic mass is 16.5. The monoisotopic (exact) mass is 231 g/mol. The van der Waals surface area contributed by atoms with E-state index in [1.54, 1.807) is 0 Å². The maximum atomic E-state index is 5.73. The number of aryl methyl sites for hydroxylation is 2. The van der Waals surface area contributed by atoms with E-state index in [1.165, 1.54) is 16.8 Å². The molecule has 0 saturated carbocycles. The van der Waals surface area contributed by atoms with Crippen molar-refractivity contribution in [3.8, 4) is 11.4 Å². The molecule has 2 aromatic rings. The summed E-state index contributed by atoms with van der Waals surface area (Å²) in [4.78, 5) is 3.06. The van der Waals surface area contributed by atoms with Gasteiger partial charge in [-0.05, 0) is 39.8 Å². The van der Waals surface area contributed by atoms with Gasteiger partial charge in [0.1, 0.15) is 23.8 Å². The molecule has 0 spiro atoms. The molecule has 1 N–H and O–H groups in total. The Kier molecular flexibility index (Phi) is 3.18. The van der Waals surface area contributed by atoms with Crippen LogP contribution >= 0.6 is 0 Å². The SMILES string of the molecule is Cc1cc(OC(C)C)cc(C)c1-[n+]1cc[nH]c1. The van der Waals surface area contributed by atoms with Gasteiger partial charge in [-0.25, -0.2) is 9.55 Å². The normalized spacial score (nSPS) is 10.9. The number of imidazole rings is 1. The Bertz CT molecular complexity index is 478. The molecule has 0 radical (unpaired) electrons. The van der Waals surface area contributed by atoms with Crippen LogP contribution in [0.25, 0.3) is 5.69 Å². The largest absolute Gasteiger partial charge is 0.491 e. The van der Waals surface area contributed by atoms with Crippen molar-refractivity contribution in [3.63, 3.8) is 0 Å². The molecule has 17 heavy (non-hydrogen) atoms. The molecule has 3 nitrogen and oxygen atoms in total. The Labute approximate surface area is 102 Å². The average Bonchev–Trinajstić information content (AvgIpc) is 2.68. The van der Waals surface area contributed by atoms with Crippen LogP contribution in [0.3, 0.4) is 0 Å². The zero-order valence-electron chi connectivity index (χ0n) is 10.8. The minimum Gasteiger partial charge on any atom is -0.491 e. The Morgan fingerprint density at radius 2 is 1.82 bits per heavy atom. The van der Waals surface area contributed by atoms with Crippen LogP contribution in [0.15, 0.2) is 30.9 Å². The zero-order valence-corrected chi connectivity index (χ0v) is 10.8. The Morgan fingerprint density at radius 3 is 2.29 bits per heavy atom. The standard InChI is InChI=1S/C14H18N2O/c1-10(2)17-13-7-11(3)14(12(4)8-13)16-6-5-15-9-16/h5-10H,1-4H3/p+1. The van der Waals surface area contributed by atoms with E-state index < -0.39 is 0 Å². The second-order valence-corrected chi connectivity index (χ2v) is 4.59. The first kappa shape index (κ1) is 11.7. The molecule has 0 bridgehead atoms. The van der Waals surface area contributed by atoms with Crippen molar-refractivity contribution in [2.24, 2.45) is 0 Å². The third-order valence-electron chi connectivity index (χ3n) is 2.64. The number of ether oxygens (including phenoxy) is 1. The van der Waals surface area contributed by atoms with E-state index in [4.69, 9.17) is 4.74 Å². The summed E-state index contributed by atoms with van der Waals surface area (Å²) < 4.78 is 7.82. The van der Waals surface area contributed by atoms with E-state index >= 15 is 0 Å². The number of H-pyrrole nitrogens is 1. The molecule has 1 aromatic carbocycles. The van der Waals surface area contributed by atoms with E-state index in [1.807, 2.05) is 32.6 Å². The van der Waals surface area contributed by atoms with Gasteiger partial charge in [-0.3, -0.25) is 0 Å². The van der Waals surface area contributed by atoms with E-state index in [9.17, 15) is 0 Å². The summed E-state index contributed by atoms with van der Waals surface area (Å²) in [6, 6.07) is 4.17. The van der Waals surface area contributed by atoms with Gasteiger partial charge in [0.2, 0.25) is 6.33 Å². The van der Waals surface area contributed by atoms with Gasteiger partial charge in [-0.15, -0.1) is 0 Å². The highest BCUT2D eigenvalue weighted by Crippen LogP contribution is 2.22. The molecule has 0 atom stereocenters.